The summed E-state index contributed by atoms with van der Waals surface area (Å²) >= 11 is 5.87. The molecule has 31 heavy (non-hydrogen) atoms. The molecule has 7 nitrogen and oxygen atoms in total. The van der Waals surface area contributed by atoms with Crippen molar-refractivity contribution >= 4 is 17.5 Å². The first-order valence-electron chi connectivity index (χ1n) is 9.20. The molecule has 0 bridgehead atoms. The van der Waals surface area contributed by atoms with E-state index in [-0.39, 0.29) is 6.54 Å². The van der Waals surface area contributed by atoms with E-state index in [0.717, 1.165) is 12.3 Å². The molecule has 1 aliphatic rings. The summed E-state index contributed by atoms with van der Waals surface area (Å²) in [6, 6.07) is 3.34. The highest BCUT2D eigenvalue weighted by molar-refractivity contribution is 6.34. The molecule has 1 amide bonds. The Kier molecular flexibility index (Phi) is 5.38. The van der Waals surface area contributed by atoms with Crippen LogP contribution in [0, 0.1) is 0 Å². The minimum absolute atomic E-state index is 0.192. The number of halogens is 5. The van der Waals surface area contributed by atoms with Gasteiger partial charge in [-0.3, -0.25) is 4.79 Å². The Hall–Kier alpha value is -3.08. The third kappa shape index (κ3) is 3.73. The summed E-state index contributed by atoms with van der Waals surface area (Å²) in [7, 11) is 0. The highest BCUT2D eigenvalue weighted by atomic mass is 35.5. The van der Waals surface area contributed by atoms with E-state index in [1.165, 1.54) is 15.8 Å². The van der Waals surface area contributed by atoms with E-state index in [2.05, 4.69) is 20.3 Å². The van der Waals surface area contributed by atoms with Gasteiger partial charge in [0, 0.05) is 30.9 Å². The lowest BCUT2D eigenvalue weighted by Gasteiger charge is -2.32. The van der Waals surface area contributed by atoms with Gasteiger partial charge in [-0.2, -0.15) is 17.9 Å². The van der Waals surface area contributed by atoms with Gasteiger partial charge in [0.15, 0.2) is 5.82 Å². The highest BCUT2D eigenvalue weighted by Gasteiger charge is 2.38. The van der Waals surface area contributed by atoms with Crippen molar-refractivity contribution < 1.29 is 22.4 Å². The van der Waals surface area contributed by atoms with Gasteiger partial charge in [0.05, 0.1) is 22.3 Å². The van der Waals surface area contributed by atoms with E-state index in [1.54, 1.807) is 19.1 Å². The smallest absolute Gasteiger partial charge is 0.328 e. The topological polar surface area (TPSA) is 76.8 Å². The molecule has 0 saturated heterocycles. The van der Waals surface area contributed by atoms with Crippen molar-refractivity contribution in [2.24, 2.45) is 0 Å². The Labute approximate surface area is 178 Å². The SMILES string of the molecule is CC1c2nnn(-c3ccc(CF)cn3)c2CCN1C(=O)c1nccc(C(F)(F)F)c1Cl. The number of hydrogen-bond donors (Lipinski definition) is 0. The van der Waals surface area contributed by atoms with Crippen LogP contribution in [0.3, 0.4) is 0 Å². The molecule has 0 fully saturated rings. The predicted octanol–water partition coefficient (Wildman–Crippen LogP) is 3.96. The molecule has 12 heteroatoms. The quantitative estimate of drug-likeness (QED) is 0.560. The summed E-state index contributed by atoms with van der Waals surface area (Å²) in [5, 5.41) is 7.48. The molecule has 0 spiro atoms. The van der Waals surface area contributed by atoms with Crippen molar-refractivity contribution in [3.63, 3.8) is 0 Å². The molecule has 3 aromatic rings. The molecule has 0 aromatic carbocycles. The zero-order valence-corrected chi connectivity index (χ0v) is 16.8. The van der Waals surface area contributed by atoms with Gasteiger partial charge < -0.3 is 4.90 Å². The number of carbonyl (C=O) groups is 1. The number of aromatic nitrogens is 5. The van der Waals surface area contributed by atoms with E-state index in [1.807, 2.05) is 0 Å². The van der Waals surface area contributed by atoms with Gasteiger partial charge >= 0.3 is 6.18 Å². The highest BCUT2D eigenvalue weighted by Crippen LogP contribution is 2.37. The van der Waals surface area contributed by atoms with E-state index in [0.29, 0.717) is 29.2 Å². The number of pyridine rings is 2. The molecule has 162 valence electrons. The summed E-state index contributed by atoms with van der Waals surface area (Å²) in [6.45, 7) is 1.25. The van der Waals surface area contributed by atoms with E-state index in [4.69, 9.17) is 11.6 Å². The Morgan fingerprint density at radius 3 is 2.68 bits per heavy atom. The zero-order chi connectivity index (χ0) is 22.3. The summed E-state index contributed by atoms with van der Waals surface area (Å²) in [6.07, 6.45) is -2.07. The fraction of sp³-hybridized carbons (Fsp3) is 0.316. The third-order valence-electron chi connectivity index (χ3n) is 5.08. The molecule has 0 saturated carbocycles. The van der Waals surface area contributed by atoms with Crippen molar-refractivity contribution in [3.05, 3.63) is 63.8 Å². The minimum atomic E-state index is -4.71. The number of rotatable bonds is 3. The van der Waals surface area contributed by atoms with Crippen LogP contribution in [0.2, 0.25) is 5.02 Å². The molecule has 4 rings (SSSR count). The average molecular weight is 455 g/mol. The summed E-state index contributed by atoms with van der Waals surface area (Å²) in [5.74, 6) is -0.283. The first-order valence-corrected chi connectivity index (χ1v) is 9.58. The Balaban J connectivity index is 1.64. The Bertz CT molecular complexity index is 1130. The molecule has 3 aromatic heterocycles. The van der Waals surface area contributed by atoms with Crippen LogP contribution < -0.4 is 0 Å². The van der Waals surface area contributed by atoms with E-state index >= 15 is 0 Å². The summed E-state index contributed by atoms with van der Waals surface area (Å²) < 4.78 is 53.6. The monoisotopic (exact) mass is 454 g/mol. The number of nitrogens with zero attached hydrogens (tertiary/aromatic N) is 6. The van der Waals surface area contributed by atoms with Crippen molar-refractivity contribution in [1.82, 2.24) is 29.9 Å². The first-order chi connectivity index (χ1) is 14.7. The second-order valence-corrected chi connectivity index (χ2v) is 7.31. The molecular formula is C19H15ClF4N6O. The van der Waals surface area contributed by atoms with Crippen LogP contribution >= 0.6 is 11.6 Å². The normalized spacial score (nSPS) is 16.3. The number of fused-ring (bicyclic) bond motifs is 1. The first kappa shape index (κ1) is 21.2. The van der Waals surface area contributed by atoms with E-state index < -0.39 is 41.1 Å². The molecule has 1 atom stereocenters. The average Bonchev–Trinajstić information content (AvgIpc) is 3.18. The molecule has 0 radical (unpaired) electrons. The van der Waals surface area contributed by atoms with Gasteiger partial charge in [-0.05, 0) is 19.1 Å². The minimum Gasteiger partial charge on any atom is -0.328 e. The Morgan fingerprint density at radius 1 is 1.26 bits per heavy atom. The standard InChI is InChI=1S/C19H15ClF4N6O/c1-10-16-13(30(28-27-16)14-3-2-11(8-21)9-26-14)5-7-29(10)18(31)17-15(20)12(4-6-25-17)19(22,23)24/h2-4,6,9-10H,5,7-8H2,1H3. The maximum Gasteiger partial charge on any atom is 0.417 e. The number of amides is 1. The van der Waals surface area contributed by atoms with Gasteiger partial charge in [-0.25, -0.2) is 14.4 Å². The maximum absolute atomic E-state index is 13.1. The fourth-order valence-corrected chi connectivity index (χ4v) is 3.77. The predicted molar refractivity (Wildman–Crippen MR) is 101 cm³/mol. The van der Waals surface area contributed by atoms with Crippen molar-refractivity contribution in [2.75, 3.05) is 6.54 Å². The molecule has 1 unspecified atom stereocenters. The van der Waals surface area contributed by atoms with Gasteiger partial charge in [0.2, 0.25) is 0 Å². The van der Waals surface area contributed by atoms with Crippen molar-refractivity contribution in [2.45, 2.75) is 32.2 Å². The van der Waals surface area contributed by atoms with E-state index in [9.17, 15) is 22.4 Å². The third-order valence-corrected chi connectivity index (χ3v) is 5.47. The lowest BCUT2D eigenvalue weighted by Crippen LogP contribution is -2.40. The van der Waals surface area contributed by atoms with Gasteiger partial charge in [0.25, 0.3) is 5.91 Å². The molecule has 4 heterocycles. The second-order valence-electron chi connectivity index (χ2n) is 6.93. The maximum atomic E-state index is 13.1. The molecule has 0 aliphatic carbocycles. The van der Waals surface area contributed by atoms with Crippen LogP contribution in [-0.4, -0.2) is 42.3 Å². The molecule has 1 aliphatic heterocycles. The number of alkyl halides is 4. The molecule has 0 N–H and O–H groups in total. The Morgan fingerprint density at radius 2 is 2.03 bits per heavy atom. The lowest BCUT2D eigenvalue weighted by atomic mass is 10.0. The second kappa shape index (κ2) is 7.88. The summed E-state index contributed by atoms with van der Waals surface area (Å²) in [5.41, 5.74) is 0.0295. The van der Waals surface area contributed by atoms with Gasteiger partial charge in [0.1, 0.15) is 18.1 Å². The van der Waals surface area contributed by atoms with Crippen LogP contribution in [0.4, 0.5) is 17.6 Å². The number of hydrogen-bond acceptors (Lipinski definition) is 5. The van der Waals surface area contributed by atoms with Crippen molar-refractivity contribution in [1.29, 1.82) is 0 Å². The lowest BCUT2D eigenvalue weighted by molar-refractivity contribution is -0.137. The summed E-state index contributed by atoms with van der Waals surface area (Å²) in [4.78, 5) is 22.3. The number of carbonyl (C=O) groups excluding carboxylic acids is 1. The van der Waals surface area contributed by atoms with Crippen LogP contribution in [0.1, 0.15) is 46.0 Å². The van der Waals surface area contributed by atoms with Gasteiger partial charge in [-0.1, -0.05) is 22.9 Å². The van der Waals surface area contributed by atoms with Crippen LogP contribution in [0.25, 0.3) is 5.82 Å². The van der Waals surface area contributed by atoms with Crippen LogP contribution in [0.5, 0.6) is 0 Å². The van der Waals surface area contributed by atoms with Crippen LogP contribution in [0.15, 0.2) is 30.6 Å². The van der Waals surface area contributed by atoms with Crippen molar-refractivity contribution in [3.8, 4) is 5.82 Å². The van der Waals surface area contributed by atoms with Crippen LogP contribution in [-0.2, 0) is 19.3 Å². The van der Waals surface area contributed by atoms with Gasteiger partial charge in [-0.15, -0.1) is 5.10 Å². The largest absolute Gasteiger partial charge is 0.417 e. The zero-order valence-electron chi connectivity index (χ0n) is 16.1. The fourth-order valence-electron chi connectivity index (χ4n) is 3.47. The molecular weight excluding hydrogens is 440 g/mol.